The van der Waals surface area contributed by atoms with E-state index in [2.05, 4.69) is 15.0 Å². The molecule has 0 aliphatic carbocycles. The molecule has 21 heavy (non-hydrogen) atoms. The number of alkyl halides is 3. The first-order valence-electron chi connectivity index (χ1n) is 6.27. The summed E-state index contributed by atoms with van der Waals surface area (Å²) in [5, 5.41) is 0. The smallest absolute Gasteiger partial charge is 0.416 e. The predicted molar refractivity (Wildman–Crippen MR) is 70.9 cm³/mol. The molecule has 0 aliphatic heterocycles. The molecular weight excluding hydrogens is 283 g/mol. The highest BCUT2D eigenvalue weighted by Crippen LogP contribution is 2.36. The van der Waals surface area contributed by atoms with Gasteiger partial charge in [0.15, 0.2) is 5.82 Å². The summed E-state index contributed by atoms with van der Waals surface area (Å²) < 4.78 is 43.9. The highest BCUT2D eigenvalue weighted by atomic mass is 19.4. The van der Waals surface area contributed by atoms with Crippen LogP contribution in [-0.2, 0) is 6.18 Å². The topological polar surface area (TPSA) is 47.9 Å². The summed E-state index contributed by atoms with van der Waals surface area (Å²) in [6, 6.07) is 3.98. The highest BCUT2D eigenvalue weighted by Gasteiger charge is 2.34. The Labute approximate surface area is 120 Å². The number of hydrogen-bond acceptors (Lipinski definition) is 4. The van der Waals surface area contributed by atoms with Crippen LogP contribution in [0.15, 0.2) is 24.5 Å². The Morgan fingerprint density at radius 1 is 1.14 bits per heavy atom. The van der Waals surface area contributed by atoms with Crippen LogP contribution in [0.5, 0.6) is 6.01 Å². The zero-order valence-electron chi connectivity index (χ0n) is 11.8. The molecule has 0 spiro atoms. The average Bonchev–Trinajstić information content (AvgIpc) is 2.45. The molecule has 0 atom stereocenters. The molecule has 7 heteroatoms. The van der Waals surface area contributed by atoms with Gasteiger partial charge in [-0.2, -0.15) is 23.1 Å². The molecule has 2 rings (SSSR count). The van der Waals surface area contributed by atoms with Crippen molar-refractivity contribution in [3.63, 3.8) is 0 Å². The van der Waals surface area contributed by atoms with Gasteiger partial charge in [0.2, 0.25) is 0 Å². The molecule has 0 N–H and O–H groups in total. The Balaban J connectivity index is 2.54. The summed E-state index contributed by atoms with van der Waals surface area (Å²) in [6.45, 7) is 3.42. The largest absolute Gasteiger partial charge is 0.467 e. The van der Waals surface area contributed by atoms with E-state index >= 15 is 0 Å². The van der Waals surface area contributed by atoms with Gasteiger partial charge in [-0.05, 0) is 23.6 Å². The first-order valence-corrected chi connectivity index (χ1v) is 6.27. The summed E-state index contributed by atoms with van der Waals surface area (Å²) in [6.07, 6.45) is -3.12. The second-order valence-corrected chi connectivity index (χ2v) is 4.75. The lowest BCUT2D eigenvalue weighted by Crippen LogP contribution is -2.10. The zero-order valence-corrected chi connectivity index (χ0v) is 11.8. The number of rotatable bonds is 3. The number of aromatic nitrogens is 3. The lowest BCUT2D eigenvalue weighted by atomic mass is 9.94. The third kappa shape index (κ3) is 3.29. The molecule has 112 valence electrons. The van der Waals surface area contributed by atoms with E-state index in [9.17, 15) is 13.2 Å². The summed E-state index contributed by atoms with van der Waals surface area (Å²) in [5.41, 5.74) is 0.0639. The van der Waals surface area contributed by atoms with Crippen LogP contribution in [0.1, 0.15) is 30.9 Å². The van der Waals surface area contributed by atoms with Crippen molar-refractivity contribution in [1.29, 1.82) is 0 Å². The molecule has 0 fully saturated rings. The number of methoxy groups -OCH3 is 1. The molecule has 1 heterocycles. The Kier molecular flexibility index (Phi) is 4.11. The van der Waals surface area contributed by atoms with Gasteiger partial charge in [-0.1, -0.05) is 19.9 Å². The van der Waals surface area contributed by atoms with Crippen molar-refractivity contribution >= 4 is 0 Å². The quantitative estimate of drug-likeness (QED) is 0.867. The molecule has 0 unspecified atom stereocenters. The molecule has 1 aromatic heterocycles. The van der Waals surface area contributed by atoms with Gasteiger partial charge in [-0.3, -0.25) is 0 Å². The Morgan fingerprint density at radius 3 is 2.43 bits per heavy atom. The second-order valence-electron chi connectivity index (χ2n) is 4.75. The molecular formula is C14H14F3N3O. The predicted octanol–water partition coefficient (Wildman–Crippen LogP) is 3.69. The van der Waals surface area contributed by atoms with E-state index < -0.39 is 11.7 Å². The monoisotopic (exact) mass is 297 g/mol. The van der Waals surface area contributed by atoms with E-state index in [1.807, 2.05) is 0 Å². The summed E-state index contributed by atoms with van der Waals surface area (Å²) in [5.74, 6) is 0.00258. The van der Waals surface area contributed by atoms with Gasteiger partial charge in [0.25, 0.3) is 0 Å². The van der Waals surface area contributed by atoms with Gasteiger partial charge in [0, 0.05) is 5.56 Å². The van der Waals surface area contributed by atoms with Crippen molar-refractivity contribution in [1.82, 2.24) is 15.0 Å². The lowest BCUT2D eigenvalue weighted by molar-refractivity contribution is -0.138. The van der Waals surface area contributed by atoms with Gasteiger partial charge in [0.05, 0.1) is 12.7 Å². The molecule has 0 saturated heterocycles. The highest BCUT2D eigenvalue weighted by molar-refractivity contribution is 5.58. The lowest BCUT2D eigenvalue weighted by Gasteiger charge is -2.16. The normalized spacial score (nSPS) is 11.8. The Morgan fingerprint density at radius 2 is 1.86 bits per heavy atom. The fraction of sp³-hybridized carbons (Fsp3) is 0.357. The standard InChI is InChI=1S/C14H14F3N3O/c1-8(2)10-6-9(4-5-11(10)14(15,16)17)12-18-7-19-13(20-12)21-3/h4-8H,1-3H3. The van der Waals surface area contributed by atoms with Crippen LogP contribution in [0.3, 0.4) is 0 Å². The first-order chi connectivity index (χ1) is 9.82. The van der Waals surface area contributed by atoms with Crippen molar-refractivity contribution in [3.05, 3.63) is 35.7 Å². The van der Waals surface area contributed by atoms with Crippen LogP contribution in [0.4, 0.5) is 13.2 Å². The van der Waals surface area contributed by atoms with Crippen molar-refractivity contribution < 1.29 is 17.9 Å². The van der Waals surface area contributed by atoms with Crippen LogP contribution in [0.2, 0.25) is 0 Å². The van der Waals surface area contributed by atoms with E-state index in [4.69, 9.17) is 4.74 Å². The number of nitrogens with zero attached hydrogens (tertiary/aromatic N) is 3. The van der Waals surface area contributed by atoms with E-state index in [0.29, 0.717) is 5.56 Å². The minimum absolute atomic E-state index is 0.117. The molecule has 0 saturated carbocycles. The number of ether oxygens (including phenoxy) is 1. The fourth-order valence-electron chi connectivity index (χ4n) is 1.96. The maximum atomic E-state index is 13.0. The molecule has 0 radical (unpaired) electrons. The van der Waals surface area contributed by atoms with Crippen LogP contribution < -0.4 is 4.74 Å². The minimum atomic E-state index is -4.38. The van der Waals surface area contributed by atoms with Crippen molar-refractivity contribution in [2.45, 2.75) is 25.9 Å². The van der Waals surface area contributed by atoms with Gasteiger partial charge in [-0.25, -0.2) is 4.98 Å². The summed E-state index contributed by atoms with van der Waals surface area (Å²) >= 11 is 0. The SMILES string of the molecule is COc1ncnc(-c2ccc(C(F)(F)F)c(C(C)C)c2)n1. The molecule has 4 nitrogen and oxygen atoms in total. The second kappa shape index (κ2) is 5.67. The Bertz CT molecular complexity index is 642. The zero-order chi connectivity index (χ0) is 15.6. The average molecular weight is 297 g/mol. The molecule has 0 bridgehead atoms. The maximum Gasteiger partial charge on any atom is 0.416 e. The number of halogens is 3. The van der Waals surface area contributed by atoms with Crippen LogP contribution in [0, 0.1) is 0 Å². The van der Waals surface area contributed by atoms with Gasteiger partial charge < -0.3 is 4.74 Å². The maximum absolute atomic E-state index is 13.0. The van der Waals surface area contributed by atoms with Gasteiger partial charge in [-0.15, -0.1) is 0 Å². The minimum Gasteiger partial charge on any atom is -0.467 e. The number of hydrogen-bond donors (Lipinski definition) is 0. The van der Waals surface area contributed by atoms with Crippen LogP contribution >= 0.6 is 0 Å². The molecule has 0 aliphatic rings. The van der Waals surface area contributed by atoms with E-state index in [0.717, 1.165) is 6.07 Å². The van der Waals surface area contributed by atoms with E-state index in [1.54, 1.807) is 13.8 Å². The van der Waals surface area contributed by atoms with Crippen molar-refractivity contribution in [2.24, 2.45) is 0 Å². The van der Waals surface area contributed by atoms with E-state index in [1.165, 1.54) is 25.6 Å². The third-order valence-electron chi connectivity index (χ3n) is 2.97. The third-order valence-corrected chi connectivity index (χ3v) is 2.97. The van der Waals surface area contributed by atoms with Crippen molar-refractivity contribution in [3.8, 4) is 17.4 Å². The molecule has 2 aromatic rings. The Hall–Kier alpha value is -2.18. The van der Waals surface area contributed by atoms with E-state index in [-0.39, 0.29) is 23.3 Å². The summed E-state index contributed by atoms with van der Waals surface area (Å²) in [7, 11) is 1.41. The molecule has 1 aromatic carbocycles. The summed E-state index contributed by atoms with van der Waals surface area (Å²) in [4.78, 5) is 11.8. The van der Waals surface area contributed by atoms with Crippen LogP contribution in [0.25, 0.3) is 11.4 Å². The van der Waals surface area contributed by atoms with Crippen LogP contribution in [-0.4, -0.2) is 22.1 Å². The molecule has 0 amide bonds. The van der Waals surface area contributed by atoms with Gasteiger partial charge in [0.1, 0.15) is 6.33 Å². The number of benzene rings is 1. The first kappa shape index (κ1) is 15.2. The van der Waals surface area contributed by atoms with Crippen molar-refractivity contribution in [2.75, 3.05) is 7.11 Å². The van der Waals surface area contributed by atoms with Gasteiger partial charge >= 0.3 is 12.2 Å². The fourth-order valence-corrected chi connectivity index (χ4v) is 1.96.